The van der Waals surface area contributed by atoms with Crippen molar-refractivity contribution < 1.29 is 9.59 Å². The van der Waals surface area contributed by atoms with Crippen LogP contribution in [-0.4, -0.2) is 55.1 Å². The van der Waals surface area contributed by atoms with Gasteiger partial charge in [0.25, 0.3) is 0 Å². The maximum absolute atomic E-state index is 11.6. The highest BCUT2D eigenvalue weighted by Crippen LogP contribution is 2.26. The maximum atomic E-state index is 11.6. The Bertz CT molecular complexity index is 319. The second-order valence-corrected chi connectivity index (χ2v) is 4.36. The molecule has 0 bridgehead atoms. The molecule has 0 aliphatic carbocycles. The molecule has 0 spiro atoms. The number of hydrogen-bond donors (Lipinski definition) is 3. The predicted molar refractivity (Wildman–Crippen MR) is 52.2 cm³/mol. The second kappa shape index (κ2) is 3.18. The van der Waals surface area contributed by atoms with E-state index in [1.807, 2.05) is 0 Å². The van der Waals surface area contributed by atoms with Gasteiger partial charge in [0.05, 0.1) is 12.0 Å². The maximum Gasteiger partial charge on any atom is 0.321 e. The molecule has 3 aliphatic rings. The number of urea groups is 1. The Hall–Kier alpha value is -1.14. The van der Waals surface area contributed by atoms with Crippen molar-refractivity contribution in [2.75, 3.05) is 26.2 Å². The van der Waals surface area contributed by atoms with Gasteiger partial charge in [0.15, 0.2) is 0 Å². The summed E-state index contributed by atoms with van der Waals surface area (Å²) in [4.78, 5) is 25.1. The number of imide groups is 1. The lowest BCUT2D eigenvalue weighted by molar-refractivity contribution is -0.124. The third-order valence-electron chi connectivity index (χ3n) is 3.55. The molecule has 3 amide bonds. The molecule has 3 aliphatic heterocycles. The summed E-state index contributed by atoms with van der Waals surface area (Å²) in [5.41, 5.74) is 0. The number of nitrogens with zero attached hydrogens (tertiary/aromatic N) is 1. The molecule has 3 rings (SSSR count). The standard InChI is InChI=1S/C9H14N4O2/c14-8-5-4-13-2-1-10-3-6(13)7(5)11-9(15)12-8/h5-7,10H,1-4H2,(H2,11,12,14,15). The molecule has 3 fully saturated rings. The Kier molecular flexibility index (Phi) is 1.93. The summed E-state index contributed by atoms with van der Waals surface area (Å²) in [6.07, 6.45) is 0. The highest BCUT2D eigenvalue weighted by molar-refractivity contribution is 5.99. The fourth-order valence-corrected chi connectivity index (χ4v) is 2.82. The first-order chi connectivity index (χ1) is 7.25. The highest BCUT2D eigenvalue weighted by Gasteiger charge is 2.49. The van der Waals surface area contributed by atoms with Crippen LogP contribution in [0.3, 0.4) is 0 Å². The van der Waals surface area contributed by atoms with Gasteiger partial charge in [-0.05, 0) is 0 Å². The third kappa shape index (κ3) is 1.32. The minimum absolute atomic E-state index is 0.0148. The third-order valence-corrected chi connectivity index (χ3v) is 3.55. The van der Waals surface area contributed by atoms with Gasteiger partial charge in [0.2, 0.25) is 5.91 Å². The van der Waals surface area contributed by atoms with E-state index in [9.17, 15) is 9.59 Å². The summed E-state index contributed by atoms with van der Waals surface area (Å²) in [6.45, 7) is 3.55. The summed E-state index contributed by atoms with van der Waals surface area (Å²) in [5.74, 6) is -0.203. The molecule has 3 N–H and O–H groups in total. The molecule has 0 saturated carbocycles. The zero-order chi connectivity index (χ0) is 10.4. The number of nitrogens with one attached hydrogen (secondary N) is 3. The number of piperazine rings is 1. The van der Waals surface area contributed by atoms with Crippen molar-refractivity contribution in [3.63, 3.8) is 0 Å². The molecule has 6 nitrogen and oxygen atoms in total. The van der Waals surface area contributed by atoms with E-state index < -0.39 is 0 Å². The highest BCUT2D eigenvalue weighted by atomic mass is 16.2. The summed E-state index contributed by atoms with van der Waals surface area (Å²) < 4.78 is 0. The van der Waals surface area contributed by atoms with E-state index in [-0.39, 0.29) is 29.9 Å². The molecule has 6 heteroatoms. The van der Waals surface area contributed by atoms with Gasteiger partial charge >= 0.3 is 6.03 Å². The summed E-state index contributed by atoms with van der Waals surface area (Å²) in [6, 6.07) is -0.0912. The molecule has 3 atom stereocenters. The number of hydrogen-bond acceptors (Lipinski definition) is 4. The molecule has 3 saturated heterocycles. The molecule has 0 aromatic heterocycles. The van der Waals surface area contributed by atoms with Crippen molar-refractivity contribution in [3.8, 4) is 0 Å². The first kappa shape index (κ1) is 9.11. The Morgan fingerprint density at radius 3 is 3.07 bits per heavy atom. The van der Waals surface area contributed by atoms with Crippen molar-refractivity contribution in [1.82, 2.24) is 20.9 Å². The predicted octanol–water partition coefficient (Wildman–Crippen LogP) is -1.90. The van der Waals surface area contributed by atoms with Gasteiger partial charge in [-0.1, -0.05) is 0 Å². The van der Waals surface area contributed by atoms with Gasteiger partial charge in [-0.15, -0.1) is 0 Å². The second-order valence-electron chi connectivity index (χ2n) is 4.36. The SMILES string of the molecule is O=C1NC(=O)C2CN3CCNCC3C2N1. The molecule has 82 valence electrons. The Morgan fingerprint density at radius 2 is 2.20 bits per heavy atom. The number of carbonyl (C=O) groups is 2. The van der Waals surface area contributed by atoms with Crippen LogP contribution in [0.2, 0.25) is 0 Å². The lowest BCUT2D eigenvalue weighted by Crippen LogP contribution is -2.62. The zero-order valence-electron chi connectivity index (χ0n) is 8.32. The van der Waals surface area contributed by atoms with E-state index in [0.717, 1.165) is 26.2 Å². The van der Waals surface area contributed by atoms with Gasteiger partial charge in [-0.3, -0.25) is 15.0 Å². The van der Waals surface area contributed by atoms with Crippen molar-refractivity contribution >= 4 is 11.9 Å². The monoisotopic (exact) mass is 210 g/mol. The molecule has 0 aromatic carbocycles. The largest absolute Gasteiger partial charge is 0.333 e. The van der Waals surface area contributed by atoms with Crippen LogP contribution in [-0.2, 0) is 4.79 Å². The van der Waals surface area contributed by atoms with Crippen LogP contribution in [0.5, 0.6) is 0 Å². The van der Waals surface area contributed by atoms with Crippen LogP contribution in [0.4, 0.5) is 4.79 Å². The van der Waals surface area contributed by atoms with Gasteiger partial charge in [0.1, 0.15) is 0 Å². The van der Waals surface area contributed by atoms with Crippen LogP contribution in [0.15, 0.2) is 0 Å². The molecule has 15 heavy (non-hydrogen) atoms. The van der Waals surface area contributed by atoms with E-state index in [1.54, 1.807) is 0 Å². The van der Waals surface area contributed by atoms with Crippen LogP contribution < -0.4 is 16.0 Å². The van der Waals surface area contributed by atoms with Gasteiger partial charge in [0, 0.05) is 32.2 Å². The van der Waals surface area contributed by atoms with Crippen LogP contribution in [0, 0.1) is 5.92 Å². The smallest absolute Gasteiger partial charge is 0.321 e. The zero-order valence-corrected chi connectivity index (χ0v) is 8.32. The van der Waals surface area contributed by atoms with Crippen LogP contribution in [0.25, 0.3) is 0 Å². The summed E-state index contributed by atoms with van der Waals surface area (Å²) in [7, 11) is 0. The Labute approximate surface area is 87.4 Å². The summed E-state index contributed by atoms with van der Waals surface area (Å²) in [5, 5.41) is 8.47. The number of fused-ring (bicyclic) bond motifs is 3. The molecule has 0 aromatic rings. The van der Waals surface area contributed by atoms with Crippen LogP contribution in [0.1, 0.15) is 0 Å². The van der Waals surface area contributed by atoms with Gasteiger partial charge in [-0.25, -0.2) is 4.79 Å². The number of amides is 3. The topological polar surface area (TPSA) is 73.5 Å². The van der Waals surface area contributed by atoms with E-state index in [4.69, 9.17) is 0 Å². The molecular weight excluding hydrogens is 196 g/mol. The molecule has 3 unspecified atom stereocenters. The quantitative estimate of drug-likeness (QED) is 0.436. The average Bonchev–Trinajstić information content (AvgIpc) is 2.57. The average molecular weight is 210 g/mol. The first-order valence-corrected chi connectivity index (χ1v) is 5.32. The van der Waals surface area contributed by atoms with Crippen LogP contribution >= 0.6 is 0 Å². The first-order valence-electron chi connectivity index (χ1n) is 5.32. The number of carbonyl (C=O) groups excluding carboxylic acids is 2. The van der Waals surface area contributed by atoms with Gasteiger partial charge < -0.3 is 10.6 Å². The van der Waals surface area contributed by atoms with E-state index >= 15 is 0 Å². The van der Waals surface area contributed by atoms with Crippen molar-refractivity contribution in [2.24, 2.45) is 5.92 Å². The van der Waals surface area contributed by atoms with Crippen molar-refractivity contribution in [3.05, 3.63) is 0 Å². The molecule has 0 radical (unpaired) electrons. The van der Waals surface area contributed by atoms with E-state index in [2.05, 4.69) is 20.9 Å². The summed E-state index contributed by atoms with van der Waals surface area (Å²) >= 11 is 0. The van der Waals surface area contributed by atoms with Gasteiger partial charge in [-0.2, -0.15) is 0 Å². The molecule has 3 heterocycles. The normalized spacial score (nSPS) is 40.4. The lowest BCUT2D eigenvalue weighted by atomic mass is 9.96. The Balaban J connectivity index is 1.85. The Morgan fingerprint density at radius 1 is 1.33 bits per heavy atom. The lowest BCUT2D eigenvalue weighted by Gasteiger charge is -2.34. The minimum atomic E-state index is -0.353. The fourth-order valence-electron chi connectivity index (χ4n) is 2.82. The minimum Gasteiger partial charge on any atom is -0.333 e. The fraction of sp³-hybridized carbons (Fsp3) is 0.778. The van der Waals surface area contributed by atoms with E-state index in [0.29, 0.717) is 0 Å². The van der Waals surface area contributed by atoms with Crippen molar-refractivity contribution in [1.29, 1.82) is 0 Å². The van der Waals surface area contributed by atoms with Crippen molar-refractivity contribution in [2.45, 2.75) is 12.1 Å². The molecular formula is C9H14N4O2. The van der Waals surface area contributed by atoms with E-state index in [1.165, 1.54) is 0 Å². The number of rotatable bonds is 0.